The lowest BCUT2D eigenvalue weighted by molar-refractivity contribution is 0.0521. The van der Waals surface area contributed by atoms with Gasteiger partial charge in [-0.25, -0.2) is 4.79 Å². The van der Waals surface area contributed by atoms with Crippen molar-refractivity contribution < 1.29 is 14.6 Å². The van der Waals surface area contributed by atoms with E-state index < -0.39 is 5.97 Å². The number of aryl methyl sites for hydroxylation is 1. The zero-order valence-corrected chi connectivity index (χ0v) is 8.90. The first-order valence-electron chi connectivity index (χ1n) is 4.55. The van der Waals surface area contributed by atoms with Crippen LogP contribution >= 0.6 is 0 Å². The predicted octanol–water partition coefficient (Wildman–Crippen LogP) is 0.576. The van der Waals surface area contributed by atoms with Crippen molar-refractivity contribution in [3.63, 3.8) is 0 Å². The van der Waals surface area contributed by atoms with Crippen LogP contribution in [0.3, 0.4) is 0 Å². The maximum atomic E-state index is 11.4. The molecule has 0 atom stereocenters. The van der Waals surface area contributed by atoms with Gasteiger partial charge in [-0.1, -0.05) is 0 Å². The van der Waals surface area contributed by atoms with Gasteiger partial charge in [-0.05, 0) is 13.8 Å². The van der Waals surface area contributed by atoms with E-state index in [9.17, 15) is 14.7 Å². The maximum absolute atomic E-state index is 11.4. The zero-order chi connectivity index (χ0) is 11.6. The van der Waals surface area contributed by atoms with Crippen molar-refractivity contribution in [1.82, 2.24) is 4.57 Å². The largest absolute Gasteiger partial charge is 0.507 e. The fraction of sp³-hybridized carbons (Fsp3) is 0.400. The van der Waals surface area contributed by atoms with E-state index in [1.807, 2.05) is 0 Å². The summed E-state index contributed by atoms with van der Waals surface area (Å²) in [4.78, 5) is 22.8. The molecule has 0 spiro atoms. The number of pyridine rings is 1. The minimum absolute atomic E-state index is 0.0106. The van der Waals surface area contributed by atoms with Crippen molar-refractivity contribution in [3.05, 3.63) is 27.7 Å². The number of aromatic nitrogens is 1. The Hall–Kier alpha value is -1.78. The van der Waals surface area contributed by atoms with Crippen molar-refractivity contribution in [2.24, 2.45) is 7.05 Å². The number of esters is 1. The smallest absolute Gasteiger partial charge is 0.343 e. The highest BCUT2D eigenvalue weighted by molar-refractivity contribution is 5.92. The van der Waals surface area contributed by atoms with E-state index in [1.54, 1.807) is 6.92 Å². The molecule has 0 amide bonds. The Bertz CT molecular complexity index is 447. The van der Waals surface area contributed by atoms with Crippen LogP contribution in [-0.2, 0) is 11.8 Å². The molecule has 1 aromatic heterocycles. The third-order valence-electron chi connectivity index (χ3n) is 2.07. The molecule has 15 heavy (non-hydrogen) atoms. The standard InChI is InChI=1S/C10H13NO4/c1-4-15-10(14)7-5-11(3)9(13)6(2)8(7)12/h5,12H,4H2,1-3H3. The highest BCUT2D eigenvalue weighted by atomic mass is 16.5. The predicted molar refractivity (Wildman–Crippen MR) is 54.0 cm³/mol. The minimum Gasteiger partial charge on any atom is -0.507 e. The van der Waals surface area contributed by atoms with Gasteiger partial charge in [0.25, 0.3) is 5.56 Å². The van der Waals surface area contributed by atoms with E-state index >= 15 is 0 Å². The summed E-state index contributed by atoms with van der Waals surface area (Å²) in [7, 11) is 1.51. The number of aromatic hydroxyl groups is 1. The second-order valence-electron chi connectivity index (χ2n) is 3.15. The monoisotopic (exact) mass is 211 g/mol. The van der Waals surface area contributed by atoms with Crippen LogP contribution in [0, 0.1) is 6.92 Å². The molecular weight excluding hydrogens is 198 g/mol. The molecule has 1 heterocycles. The Morgan fingerprint density at radius 1 is 1.60 bits per heavy atom. The first kappa shape index (κ1) is 11.3. The Morgan fingerprint density at radius 2 is 2.20 bits per heavy atom. The summed E-state index contributed by atoms with van der Waals surface area (Å²) in [6.45, 7) is 3.35. The second-order valence-corrected chi connectivity index (χ2v) is 3.15. The van der Waals surface area contributed by atoms with Crippen LogP contribution in [0.4, 0.5) is 0 Å². The SMILES string of the molecule is CCOC(=O)c1cn(C)c(=O)c(C)c1O. The second kappa shape index (κ2) is 4.16. The number of rotatable bonds is 2. The van der Waals surface area contributed by atoms with Gasteiger partial charge in [-0.15, -0.1) is 0 Å². The number of hydrogen-bond acceptors (Lipinski definition) is 4. The number of carbonyl (C=O) groups excluding carboxylic acids is 1. The molecule has 0 aliphatic rings. The molecular formula is C10H13NO4. The molecule has 5 nitrogen and oxygen atoms in total. The Kier molecular flexibility index (Phi) is 3.14. The summed E-state index contributed by atoms with van der Waals surface area (Å²) in [6.07, 6.45) is 1.27. The summed E-state index contributed by atoms with van der Waals surface area (Å²) >= 11 is 0. The fourth-order valence-corrected chi connectivity index (χ4v) is 1.24. The summed E-state index contributed by atoms with van der Waals surface area (Å²) < 4.78 is 5.98. The number of ether oxygens (including phenoxy) is 1. The third-order valence-corrected chi connectivity index (χ3v) is 2.07. The molecule has 0 fully saturated rings. The molecule has 0 aliphatic carbocycles. The summed E-state index contributed by atoms with van der Waals surface area (Å²) in [5.41, 5.74) is -0.181. The molecule has 1 aromatic rings. The molecule has 82 valence electrons. The summed E-state index contributed by atoms with van der Waals surface area (Å²) in [5.74, 6) is -0.940. The van der Waals surface area contributed by atoms with Gasteiger partial charge in [0, 0.05) is 13.2 Å². The van der Waals surface area contributed by atoms with Gasteiger partial charge in [0.2, 0.25) is 0 Å². The number of carbonyl (C=O) groups is 1. The Labute approximate surface area is 86.9 Å². The highest BCUT2D eigenvalue weighted by Gasteiger charge is 2.17. The molecule has 0 saturated heterocycles. The minimum atomic E-state index is -0.631. The van der Waals surface area contributed by atoms with E-state index in [4.69, 9.17) is 4.74 Å². The molecule has 1 rings (SSSR count). The van der Waals surface area contributed by atoms with Gasteiger partial charge in [-0.2, -0.15) is 0 Å². The van der Waals surface area contributed by atoms with E-state index in [0.717, 1.165) is 0 Å². The van der Waals surface area contributed by atoms with Crippen LogP contribution in [0.1, 0.15) is 22.8 Å². The average Bonchev–Trinajstić information content (AvgIpc) is 2.20. The normalized spacial score (nSPS) is 10.1. The van der Waals surface area contributed by atoms with Crippen LogP contribution in [-0.4, -0.2) is 22.2 Å². The molecule has 0 aliphatic heterocycles. The first-order valence-corrected chi connectivity index (χ1v) is 4.55. The van der Waals surface area contributed by atoms with Crippen LogP contribution < -0.4 is 5.56 Å². The zero-order valence-electron chi connectivity index (χ0n) is 8.90. The van der Waals surface area contributed by atoms with Crippen molar-refractivity contribution in [3.8, 4) is 5.75 Å². The first-order chi connectivity index (χ1) is 6.99. The number of hydrogen-bond donors (Lipinski definition) is 1. The van der Waals surface area contributed by atoms with Crippen LogP contribution in [0.15, 0.2) is 11.0 Å². The van der Waals surface area contributed by atoms with Gasteiger partial charge >= 0.3 is 5.97 Å². The van der Waals surface area contributed by atoms with Gasteiger partial charge in [0.1, 0.15) is 11.3 Å². The van der Waals surface area contributed by atoms with Crippen molar-refractivity contribution >= 4 is 5.97 Å². The average molecular weight is 211 g/mol. The Morgan fingerprint density at radius 3 is 2.73 bits per heavy atom. The lowest BCUT2D eigenvalue weighted by Gasteiger charge is -2.08. The lowest BCUT2D eigenvalue weighted by atomic mass is 10.2. The number of nitrogens with zero attached hydrogens (tertiary/aromatic N) is 1. The molecule has 0 saturated carbocycles. The van der Waals surface area contributed by atoms with Gasteiger partial charge in [0.15, 0.2) is 0 Å². The molecule has 1 N–H and O–H groups in total. The lowest BCUT2D eigenvalue weighted by Crippen LogP contribution is -2.21. The van der Waals surface area contributed by atoms with E-state index in [1.165, 1.54) is 24.7 Å². The molecule has 0 aromatic carbocycles. The summed E-state index contributed by atoms with van der Waals surface area (Å²) in [6, 6.07) is 0. The molecule has 0 radical (unpaired) electrons. The van der Waals surface area contributed by atoms with Crippen LogP contribution in [0.5, 0.6) is 5.75 Å². The summed E-state index contributed by atoms with van der Waals surface area (Å²) in [5, 5.41) is 9.59. The van der Waals surface area contributed by atoms with Gasteiger partial charge < -0.3 is 14.4 Å². The van der Waals surface area contributed by atoms with Crippen LogP contribution in [0.25, 0.3) is 0 Å². The van der Waals surface area contributed by atoms with E-state index in [-0.39, 0.29) is 29.0 Å². The topological polar surface area (TPSA) is 68.5 Å². The van der Waals surface area contributed by atoms with Crippen molar-refractivity contribution in [2.75, 3.05) is 6.61 Å². The Balaban J connectivity index is 3.32. The third kappa shape index (κ3) is 2.01. The van der Waals surface area contributed by atoms with E-state index in [2.05, 4.69) is 0 Å². The van der Waals surface area contributed by atoms with Crippen molar-refractivity contribution in [2.45, 2.75) is 13.8 Å². The van der Waals surface area contributed by atoms with Crippen LogP contribution in [0.2, 0.25) is 0 Å². The molecule has 0 unspecified atom stereocenters. The van der Waals surface area contributed by atoms with Crippen molar-refractivity contribution in [1.29, 1.82) is 0 Å². The quantitative estimate of drug-likeness (QED) is 0.726. The molecule has 5 heteroatoms. The molecule has 0 bridgehead atoms. The highest BCUT2D eigenvalue weighted by Crippen LogP contribution is 2.18. The fourth-order valence-electron chi connectivity index (χ4n) is 1.24. The maximum Gasteiger partial charge on any atom is 0.343 e. The van der Waals surface area contributed by atoms with E-state index in [0.29, 0.717) is 0 Å². The van der Waals surface area contributed by atoms with Gasteiger partial charge in [-0.3, -0.25) is 4.79 Å². The van der Waals surface area contributed by atoms with Gasteiger partial charge in [0.05, 0.1) is 12.2 Å².